The van der Waals surface area contributed by atoms with E-state index in [4.69, 9.17) is 18.9 Å². The minimum Gasteiger partial charge on any atom is -0.508 e. The summed E-state index contributed by atoms with van der Waals surface area (Å²) in [6.07, 6.45) is 1.60. The van der Waals surface area contributed by atoms with Crippen molar-refractivity contribution in [2.24, 2.45) is 0 Å². The van der Waals surface area contributed by atoms with Gasteiger partial charge in [0.2, 0.25) is 11.5 Å². The lowest BCUT2D eigenvalue weighted by Gasteiger charge is -2.13. The highest BCUT2D eigenvalue weighted by Gasteiger charge is 2.30. The van der Waals surface area contributed by atoms with E-state index in [1.807, 2.05) is 0 Å². The molecule has 2 aromatic rings. The second-order valence-corrected chi connectivity index (χ2v) is 5.48. The molecule has 0 aliphatic carbocycles. The molecule has 0 bridgehead atoms. The van der Waals surface area contributed by atoms with Crippen LogP contribution in [0.4, 0.5) is 0 Å². The van der Waals surface area contributed by atoms with Crippen LogP contribution >= 0.6 is 0 Å². The number of hydrogen-bond donors (Lipinski definition) is 1. The highest BCUT2D eigenvalue weighted by Crippen LogP contribution is 2.41. The third kappa shape index (κ3) is 2.76. The maximum absolute atomic E-state index is 12.5. The number of allylic oxidation sites excluding steroid dienone is 1. The summed E-state index contributed by atoms with van der Waals surface area (Å²) >= 11 is 0. The van der Waals surface area contributed by atoms with Crippen molar-refractivity contribution in [3.8, 4) is 28.7 Å². The predicted octanol–water partition coefficient (Wildman–Crippen LogP) is 3.34. The van der Waals surface area contributed by atoms with Crippen LogP contribution in [-0.4, -0.2) is 32.2 Å². The van der Waals surface area contributed by atoms with Crippen molar-refractivity contribution < 1.29 is 28.8 Å². The van der Waals surface area contributed by atoms with Gasteiger partial charge in [-0.05, 0) is 42.8 Å². The van der Waals surface area contributed by atoms with Gasteiger partial charge < -0.3 is 24.1 Å². The number of benzene rings is 2. The van der Waals surface area contributed by atoms with Gasteiger partial charge in [0.1, 0.15) is 11.5 Å². The summed E-state index contributed by atoms with van der Waals surface area (Å²) in [5.41, 5.74) is 1.61. The Hall–Kier alpha value is -3.15. The predicted molar refractivity (Wildman–Crippen MR) is 91.9 cm³/mol. The zero-order valence-corrected chi connectivity index (χ0v) is 14.4. The number of ether oxygens (including phenoxy) is 4. The molecule has 0 aromatic heterocycles. The van der Waals surface area contributed by atoms with E-state index in [9.17, 15) is 9.90 Å². The van der Waals surface area contributed by atoms with E-state index < -0.39 is 0 Å². The second-order valence-electron chi connectivity index (χ2n) is 5.48. The Morgan fingerprint density at radius 2 is 1.68 bits per heavy atom. The van der Waals surface area contributed by atoms with Crippen molar-refractivity contribution in [3.05, 3.63) is 46.7 Å². The van der Waals surface area contributed by atoms with Gasteiger partial charge in [-0.2, -0.15) is 0 Å². The molecule has 6 nitrogen and oxygen atoms in total. The summed E-state index contributed by atoms with van der Waals surface area (Å²) in [6, 6.07) is 6.48. The van der Waals surface area contributed by atoms with Crippen LogP contribution in [0, 0.1) is 6.92 Å². The Balaban J connectivity index is 2.05. The standard InChI is InChI=1S/C19H18O6/c1-10-13(20)6-5-12-17(21)14(25-18(10)12)7-11-8-15(22-2)19(24-4)16(9-11)23-3/h5-9,20H,1-4H3/b14-7-. The second kappa shape index (κ2) is 6.39. The summed E-state index contributed by atoms with van der Waals surface area (Å²) in [5.74, 6) is 1.81. The Labute approximate surface area is 145 Å². The minimum atomic E-state index is -0.244. The highest BCUT2D eigenvalue weighted by atomic mass is 16.5. The number of methoxy groups -OCH3 is 3. The fourth-order valence-corrected chi connectivity index (χ4v) is 2.71. The molecular weight excluding hydrogens is 324 g/mol. The molecule has 1 aliphatic rings. The molecule has 0 fully saturated rings. The number of carbonyl (C=O) groups is 1. The molecule has 0 unspecified atom stereocenters. The molecule has 0 spiro atoms. The Morgan fingerprint density at radius 1 is 1.04 bits per heavy atom. The molecule has 25 heavy (non-hydrogen) atoms. The van der Waals surface area contributed by atoms with E-state index in [0.717, 1.165) is 0 Å². The van der Waals surface area contributed by atoms with Crippen molar-refractivity contribution in [2.45, 2.75) is 6.92 Å². The molecule has 1 aliphatic heterocycles. The lowest BCUT2D eigenvalue weighted by atomic mass is 10.1. The highest BCUT2D eigenvalue weighted by molar-refractivity contribution is 6.15. The van der Waals surface area contributed by atoms with Crippen molar-refractivity contribution in [3.63, 3.8) is 0 Å². The molecule has 0 radical (unpaired) electrons. The largest absolute Gasteiger partial charge is 0.508 e. The molecule has 6 heteroatoms. The number of phenolic OH excluding ortho intramolecular Hbond substituents is 1. The molecule has 3 rings (SSSR count). The average Bonchev–Trinajstić information content (AvgIpc) is 2.93. The van der Waals surface area contributed by atoms with Crippen molar-refractivity contribution in [1.82, 2.24) is 0 Å². The van der Waals surface area contributed by atoms with Gasteiger partial charge in [-0.15, -0.1) is 0 Å². The van der Waals surface area contributed by atoms with Crippen LogP contribution in [0.25, 0.3) is 6.08 Å². The Kier molecular flexibility index (Phi) is 4.27. The van der Waals surface area contributed by atoms with E-state index in [2.05, 4.69) is 0 Å². The van der Waals surface area contributed by atoms with Crippen molar-refractivity contribution in [2.75, 3.05) is 21.3 Å². The van der Waals surface area contributed by atoms with Crippen LogP contribution in [0.1, 0.15) is 21.5 Å². The third-order valence-electron chi connectivity index (χ3n) is 4.04. The monoisotopic (exact) mass is 342 g/mol. The van der Waals surface area contributed by atoms with Gasteiger partial charge in [-0.3, -0.25) is 4.79 Å². The van der Waals surface area contributed by atoms with E-state index >= 15 is 0 Å². The molecule has 0 atom stereocenters. The number of aromatic hydroxyl groups is 1. The van der Waals surface area contributed by atoms with Crippen LogP contribution in [-0.2, 0) is 0 Å². The SMILES string of the molecule is COc1cc(/C=C2\Oc3c(ccc(O)c3C)C2=O)cc(OC)c1OC. The number of hydrogen-bond acceptors (Lipinski definition) is 6. The fraction of sp³-hybridized carbons (Fsp3) is 0.211. The van der Waals surface area contributed by atoms with E-state index in [-0.39, 0.29) is 17.3 Å². The van der Waals surface area contributed by atoms with E-state index in [0.29, 0.717) is 39.7 Å². The zero-order chi connectivity index (χ0) is 18.1. The summed E-state index contributed by atoms with van der Waals surface area (Å²) in [6.45, 7) is 1.70. The molecule has 1 heterocycles. The lowest BCUT2D eigenvalue weighted by Crippen LogP contribution is -1.99. The first-order valence-corrected chi connectivity index (χ1v) is 7.57. The molecule has 2 aromatic carbocycles. The van der Waals surface area contributed by atoms with E-state index in [1.165, 1.54) is 27.4 Å². The number of phenols is 1. The summed E-state index contributed by atoms with van der Waals surface area (Å²) in [5, 5.41) is 9.78. The first kappa shape index (κ1) is 16.7. The van der Waals surface area contributed by atoms with Crippen molar-refractivity contribution in [1.29, 1.82) is 0 Å². The molecule has 0 saturated heterocycles. The quantitative estimate of drug-likeness (QED) is 0.859. The fourth-order valence-electron chi connectivity index (χ4n) is 2.71. The van der Waals surface area contributed by atoms with Crippen molar-refractivity contribution >= 4 is 11.9 Å². The van der Waals surface area contributed by atoms with Crippen LogP contribution in [0.2, 0.25) is 0 Å². The summed E-state index contributed by atoms with van der Waals surface area (Å²) in [4.78, 5) is 12.5. The van der Waals surface area contributed by atoms with Gasteiger partial charge in [0.25, 0.3) is 0 Å². The first-order chi connectivity index (χ1) is 12.0. The van der Waals surface area contributed by atoms with Crippen LogP contribution in [0.3, 0.4) is 0 Å². The minimum absolute atomic E-state index is 0.0839. The Morgan fingerprint density at radius 3 is 2.24 bits per heavy atom. The normalized spacial score (nSPS) is 14.2. The molecular formula is C19H18O6. The summed E-state index contributed by atoms with van der Waals surface area (Å²) in [7, 11) is 4.56. The van der Waals surface area contributed by atoms with E-state index in [1.54, 1.807) is 31.2 Å². The zero-order valence-electron chi connectivity index (χ0n) is 14.4. The topological polar surface area (TPSA) is 74.2 Å². The first-order valence-electron chi connectivity index (χ1n) is 7.57. The molecule has 0 saturated carbocycles. The molecule has 1 N–H and O–H groups in total. The number of fused-ring (bicyclic) bond motifs is 1. The van der Waals surface area contributed by atoms with Gasteiger partial charge in [0, 0.05) is 5.56 Å². The van der Waals surface area contributed by atoms with Crippen LogP contribution in [0.5, 0.6) is 28.7 Å². The van der Waals surface area contributed by atoms with Gasteiger partial charge >= 0.3 is 0 Å². The molecule has 0 amide bonds. The number of carbonyl (C=O) groups excluding carboxylic acids is 1. The smallest absolute Gasteiger partial charge is 0.231 e. The van der Waals surface area contributed by atoms with Crippen LogP contribution < -0.4 is 18.9 Å². The van der Waals surface area contributed by atoms with Crippen LogP contribution in [0.15, 0.2) is 30.0 Å². The van der Waals surface area contributed by atoms with Gasteiger partial charge in [0.15, 0.2) is 17.3 Å². The van der Waals surface area contributed by atoms with Gasteiger partial charge in [-0.1, -0.05) is 0 Å². The maximum atomic E-state index is 12.5. The number of rotatable bonds is 4. The number of Topliss-reactive ketones (excluding diaryl/α,β-unsaturated/α-hetero) is 1. The number of ketones is 1. The lowest BCUT2D eigenvalue weighted by molar-refractivity contribution is 0.101. The maximum Gasteiger partial charge on any atom is 0.231 e. The summed E-state index contributed by atoms with van der Waals surface area (Å²) < 4.78 is 21.6. The van der Waals surface area contributed by atoms with Gasteiger partial charge in [0.05, 0.1) is 26.9 Å². The van der Waals surface area contributed by atoms with Gasteiger partial charge in [-0.25, -0.2) is 0 Å². The molecule has 130 valence electrons. The average molecular weight is 342 g/mol. The third-order valence-corrected chi connectivity index (χ3v) is 4.04. The Bertz CT molecular complexity index is 857.